The van der Waals surface area contributed by atoms with E-state index in [0.29, 0.717) is 29.5 Å². The Morgan fingerprint density at radius 1 is 1.41 bits per heavy atom. The standard InChI is InChI=1S/C16H23ClN2O2.ClH/c1-2-21-15-8-7-12(10-13(15)17)19-16(20)9-11-5-3-4-6-14(11)18;/h7-8,10-11,14H,2-6,9,18H2,1H3,(H,19,20);1H. The van der Waals surface area contributed by atoms with Crippen LogP contribution in [-0.2, 0) is 4.79 Å². The smallest absolute Gasteiger partial charge is 0.224 e. The van der Waals surface area contributed by atoms with Crippen LogP contribution in [0.25, 0.3) is 0 Å². The van der Waals surface area contributed by atoms with Gasteiger partial charge in [0, 0.05) is 18.2 Å². The zero-order valence-corrected chi connectivity index (χ0v) is 14.4. The number of rotatable bonds is 5. The Labute approximate surface area is 143 Å². The van der Waals surface area contributed by atoms with Crippen molar-refractivity contribution in [2.24, 2.45) is 11.7 Å². The third-order valence-electron chi connectivity index (χ3n) is 3.93. The van der Waals surface area contributed by atoms with Crippen molar-refractivity contribution in [3.05, 3.63) is 23.2 Å². The number of carbonyl (C=O) groups excluding carboxylic acids is 1. The Morgan fingerprint density at radius 2 is 2.14 bits per heavy atom. The van der Waals surface area contributed by atoms with E-state index in [1.165, 1.54) is 12.8 Å². The van der Waals surface area contributed by atoms with Gasteiger partial charge in [0.05, 0.1) is 11.6 Å². The highest BCUT2D eigenvalue weighted by Gasteiger charge is 2.24. The minimum Gasteiger partial charge on any atom is -0.492 e. The molecule has 0 spiro atoms. The predicted octanol–water partition coefficient (Wildman–Crippen LogP) is 4.01. The third-order valence-corrected chi connectivity index (χ3v) is 4.23. The molecule has 22 heavy (non-hydrogen) atoms. The second kappa shape index (κ2) is 9.23. The van der Waals surface area contributed by atoms with Crippen LogP contribution in [0.5, 0.6) is 5.75 Å². The van der Waals surface area contributed by atoms with Crippen LogP contribution in [0, 0.1) is 5.92 Å². The lowest BCUT2D eigenvalue weighted by Gasteiger charge is -2.27. The van der Waals surface area contributed by atoms with Crippen LogP contribution in [0.1, 0.15) is 39.0 Å². The highest BCUT2D eigenvalue weighted by molar-refractivity contribution is 6.32. The van der Waals surface area contributed by atoms with E-state index >= 15 is 0 Å². The summed E-state index contributed by atoms with van der Waals surface area (Å²) in [5.74, 6) is 0.918. The van der Waals surface area contributed by atoms with Gasteiger partial charge in [-0.1, -0.05) is 24.4 Å². The zero-order chi connectivity index (χ0) is 15.2. The average molecular weight is 347 g/mol. The van der Waals surface area contributed by atoms with E-state index in [1.54, 1.807) is 18.2 Å². The molecule has 4 nitrogen and oxygen atoms in total. The third kappa shape index (κ3) is 5.34. The van der Waals surface area contributed by atoms with E-state index in [1.807, 2.05) is 6.92 Å². The molecule has 2 unspecified atom stereocenters. The largest absolute Gasteiger partial charge is 0.492 e. The summed E-state index contributed by atoms with van der Waals surface area (Å²) in [7, 11) is 0. The fraction of sp³-hybridized carbons (Fsp3) is 0.562. The van der Waals surface area contributed by atoms with Crippen molar-refractivity contribution in [1.82, 2.24) is 0 Å². The first kappa shape index (κ1) is 19.1. The number of nitrogens with one attached hydrogen (secondary N) is 1. The summed E-state index contributed by atoms with van der Waals surface area (Å²) in [6, 6.07) is 5.43. The van der Waals surface area contributed by atoms with Gasteiger partial charge in [-0.15, -0.1) is 12.4 Å². The number of nitrogens with two attached hydrogens (primary N) is 1. The predicted molar refractivity (Wildman–Crippen MR) is 93.0 cm³/mol. The van der Waals surface area contributed by atoms with E-state index in [-0.39, 0.29) is 30.3 Å². The quantitative estimate of drug-likeness (QED) is 0.846. The van der Waals surface area contributed by atoms with Gasteiger partial charge in [0.25, 0.3) is 0 Å². The fourth-order valence-corrected chi connectivity index (χ4v) is 3.03. The molecular weight excluding hydrogens is 323 g/mol. The number of hydrogen-bond donors (Lipinski definition) is 2. The number of benzene rings is 1. The van der Waals surface area contributed by atoms with Crippen LogP contribution in [0.2, 0.25) is 5.02 Å². The first-order valence-electron chi connectivity index (χ1n) is 7.58. The van der Waals surface area contributed by atoms with Gasteiger partial charge in [-0.25, -0.2) is 0 Å². The Balaban J connectivity index is 0.00000242. The maximum Gasteiger partial charge on any atom is 0.224 e. The maximum absolute atomic E-state index is 12.1. The van der Waals surface area contributed by atoms with E-state index in [2.05, 4.69) is 5.32 Å². The molecule has 0 radical (unpaired) electrons. The van der Waals surface area contributed by atoms with E-state index < -0.39 is 0 Å². The number of hydrogen-bond acceptors (Lipinski definition) is 3. The van der Waals surface area contributed by atoms with Gasteiger partial charge in [-0.3, -0.25) is 4.79 Å². The monoisotopic (exact) mass is 346 g/mol. The van der Waals surface area contributed by atoms with Crippen molar-refractivity contribution in [3.63, 3.8) is 0 Å². The second-order valence-electron chi connectivity index (χ2n) is 5.54. The lowest BCUT2D eigenvalue weighted by molar-refractivity contribution is -0.117. The molecule has 0 aliphatic heterocycles. The molecule has 0 saturated heterocycles. The number of amides is 1. The molecule has 1 aliphatic rings. The van der Waals surface area contributed by atoms with Crippen molar-refractivity contribution >= 4 is 35.6 Å². The Morgan fingerprint density at radius 3 is 2.77 bits per heavy atom. The summed E-state index contributed by atoms with van der Waals surface area (Å²) in [5.41, 5.74) is 6.77. The van der Waals surface area contributed by atoms with Gasteiger partial charge in [-0.05, 0) is 43.9 Å². The molecule has 1 aromatic rings. The maximum atomic E-state index is 12.1. The molecule has 0 bridgehead atoms. The normalized spacial score (nSPS) is 20.9. The van der Waals surface area contributed by atoms with Gasteiger partial charge in [0.1, 0.15) is 5.75 Å². The molecule has 0 heterocycles. The second-order valence-corrected chi connectivity index (χ2v) is 5.95. The Hall–Kier alpha value is -0.970. The molecular formula is C16H24Cl2N2O2. The minimum absolute atomic E-state index is 0. The summed E-state index contributed by atoms with van der Waals surface area (Å²) in [6.45, 7) is 2.46. The van der Waals surface area contributed by atoms with Crippen LogP contribution in [0.15, 0.2) is 18.2 Å². The molecule has 6 heteroatoms. The van der Waals surface area contributed by atoms with Crippen molar-refractivity contribution in [2.75, 3.05) is 11.9 Å². The molecule has 1 fully saturated rings. The highest BCUT2D eigenvalue weighted by Crippen LogP contribution is 2.29. The number of halogens is 2. The summed E-state index contributed by atoms with van der Waals surface area (Å²) in [4.78, 5) is 12.1. The molecule has 124 valence electrons. The van der Waals surface area contributed by atoms with E-state index in [9.17, 15) is 4.79 Å². The first-order chi connectivity index (χ1) is 10.1. The van der Waals surface area contributed by atoms with Gasteiger partial charge < -0.3 is 15.8 Å². The van der Waals surface area contributed by atoms with Crippen LogP contribution >= 0.6 is 24.0 Å². The average Bonchev–Trinajstić information content (AvgIpc) is 2.44. The molecule has 2 atom stereocenters. The summed E-state index contributed by atoms with van der Waals surface area (Å²) >= 11 is 6.11. The van der Waals surface area contributed by atoms with Crippen molar-refractivity contribution in [3.8, 4) is 5.75 Å². The number of ether oxygens (including phenoxy) is 1. The van der Waals surface area contributed by atoms with Gasteiger partial charge >= 0.3 is 0 Å². The lowest BCUT2D eigenvalue weighted by Crippen LogP contribution is -2.35. The topological polar surface area (TPSA) is 64.3 Å². The summed E-state index contributed by atoms with van der Waals surface area (Å²) in [6.07, 6.45) is 4.88. The van der Waals surface area contributed by atoms with Crippen molar-refractivity contribution in [1.29, 1.82) is 0 Å². The van der Waals surface area contributed by atoms with E-state index in [0.717, 1.165) is 12.8 Å². The Kier molecular flexibility index (Phi) is 8.01. The Bertz CT molecular complexity index is 497. The number of carbonyl (C=O) groups is 1. The van der Waals surface area contributed by atoms with Crippen molar-refractivity contribution in [2.45, 2.75) is 45.1 Å². The molecule has 1 aromatic carbocycles. The first-order valence-corrected chi connectivity index (χ1v) is 7.95. The molecule has 2 rings (SSSR count). The minimum atomic E-state index is -0.00224. The van der Waals surface area contributed by atoms with Crippen LogP contribution in [-0.4, -0.2) is 18.6 Å². The van der Waals surface area contributed by atoms with E-state index in [4.69, 9.17) is 22.1 Å². The van der Waals surface area contributed by atoms with Crippen LogP contribution in [0.3, 0.4) is 0 Å². The number of anilines is 1. The van der Waals surface area contributed by atoms with Gasteiger partial charge in [-0.2, -0.15) is 0 Å². The fourth-order valence-electron chi connectivity index (χ4n) is 2.79. The van der Waals surface area contributed by atoms with Crippen LogP contribution in [0.4, 0.5) is 5.69 Å². The summed E-state index contributed by atoms with van der Waals surface area (Å²) < 4.78 is 5.37. The summed E-state index contributed by atoms with van der Waals surface area (Å²) in [5, 5.41) is 3.39. The van der Waals surface area contributed by atoms with Crippen molar-refractivity contribution < 1.29 is 9.53 Å². The van der Waals surface area contributed by atoms with Gasteiger partial charge in [0.2, 0.25) is 5.91 Å². The molecule has 1 saturated carbocycles. The lowest BCUT2D eigenvalue weighted by atomic mass is 9.83. The highest BCUT2D eigenvalue weighted by atomic mass is 35.5. The molecule has 1 amide bonds. The zero-order valence-electron chi connectivity index (χ0n) is 12.8. The SMILES string of the molecule is CCOc1ccc(NC(=O)CC2CCCCC2N)cc1Cl.Cl. The molecule has 3 N–H and O–H groups in total. The molecule has 0 aromatic heterocycles. The van der Waals surface area contributed by atoms with Gasteiger partial charge in [0.15, 0.2) is 0 Å². The van der Waals surface area contributed by atoms with Crippen LogP contribution < -0.4 is 15.8 Å². The molecule has 1 aliphatic carbocycles.